The van der Waals surface area contributed by atoms with Crippen molar-refractivity contribution in [2.45, 2.75) is 6.42 Å². The number of amides is 1. The summed E-state index contributed by atoms with van der Waals surface area (Å²) in [5.74, 6) is -1.37. The maximum Gasteiger partial charge on any atom is 0.234 e. The molecule has 0 saturated carbocycles. The number of nitrogens with zero attached hydrogens (tertiary/aromatic N) is 1. The van der Waals surface area contributed by atoms with Crippen LogP contribution in [0.3, 0.4) is 0 Å². The zero-order valence-corrected chi connectivity index (χ0v) is 12.8. The molecule has 22 heavy (non-hydrogen) atoms. The fourth-order valence-corrected chi connectivity index (χ4v) is 3.55. The molecule has 8 heteroatoms. The van der Waals surface area contributed by atoms with E-state index in [0.717, 1.165) is 6.07 Å². The molecule has 0 spiro atoms. The van der Waals surface area contributed by atoms with Gasteiger partial charge in [-0.15, -0.1) is 0 Å². The minimum Gasteiger partial charge on any atom is -0.355 e. The summed E-state index contributed by atoms with van der Waals surface area (Å²) in [6, 6.07) is 3.25. The Morgan fingerprint density at radius 2 is 1.73 bits per heavy atom. The minimum atomic E-state index is -2.96. The molecule has 2 rings (SSSR count). The number of sulfone groups is 1. The van der Waals surface area contributed by atoms with Crippen LogP contribution in [0.1, 0.15) is 5.56 Å². The predicted octanol–water partition coefficient (Wildman–Crippen LogP) is 0.354. The molecule has 0 bridgehead atoms. The number of rotatable bonds is 5. The van der Waals surface area contributed by atoms with Crippen LogP contribution in [0.5, 0.6) is 0 Å². The van der Waals surface area contributed by atoms with Gasteiger partial charge in [-0.25, -0.2) is 17.2 Å². The fraction of sp³-hybridized carbons (Fsp3) is 0.500. The SMILES string of the molecule is O=C(CN1CCS(=O)(=O)CC1)NCCc1cc(F)cc(F)c1. The average Bonchev–Trinajstić information content (AvgIpc) is 2.40. The van der Waals surface area contributed by atoms with Crippen molar-refractivity contribution in [1.29, 1.82) is 0 Å². The summed E-state index contributed by atoms with van der Waals surface area (Å²) in [5, 5.41) is 2.66. The van der Waals surface area contributed by atoms with Crippen LogP contribution < -0.4 is 5.32 Å². The van der Waals surface area contributed by atoms with Gasteiger partial charge in [-0.05, 0) is 24.1 Å². The van der Waals surface area contributed by atoms with E-state index >= 15 is 0 Å². The summed E-state index contributed by atoms with van der Waals surface area (Å²) < 4.78 is 48.6. The van der Waals surface area contributed by atoms with Crippen molar-refractivity contribution in [2.24, 2.45) is 0 Å². The van der Waals surface area contributed by atoms with Crippen LogP contribution in [0.2, 0.25) is 0 Å². The number of hydrogen-bond donors (Lipinski definition) is 1. The van der Waals surface area contributed by atoms with Crippen molar-refractivity contribution in [3.63, 3.8) is 0 Å². The van der Waals surface area contributed by atoms with E-state index in [2.05, 4.69) is 5.32 Å². The monoisotopic (exact) mass is 332 g/mol. The maximum atomic E-state index is 13.0. The van der Waals surface area contributed by atoms with Gasteiger partial charge in [0.2, 0.25) is 5.91 Å². The molecule has 122 valence electrons. The zero-order chi connectivity index (χ0) is 16.2. The molecule has 1 aromatic rings. The molecule has 1 N–H and O–H groups in total. The smallest absolute Gasteiger partial charge is 0.234 e. The second-order valence-electron chi connectivity index (χ2n) is 5.31. The van der Waals surface area contributed by atoms with Crippen molar-refractivity contribution in [2.75, 3.05) is 37.7 Å². The number of carbonyl (C=O) groups is 1. The number of carbonyl (C=O) groups excluding carboxylic acids is 1. The third-order valence-corrected chi connectivity index (χ3v) is 5.07. The summed E-state index contributed by atoms with van der Waals surface area (Å²) in [7, 11) is -2.96. The third kappa shape index (κ3) is 5.34. The largest absolute Gasteiger partial charge is 0.355 e. The second kappa shape index (κ2) is 7.15. The molecule has 0 unspecified atom stereocenters. The molecule has 1 aromatic carbocycles. The lowest BCUT2D eigenvalue weighted by Crippen LogP contribution is -2.45. The summed E-state index contributed by atoms with van der Waals surface area (Å²) >= 11 is 0. The van der Waals surface area contributed by atoms with Crippen molar-refractivity contribution >= 4 is 15.7 Å². The Hall–Kier alpha value is -1.54. The van der Waals surface area contributed by atoms with Gasteiger partial charge in [0.05, 0.1) is 18.1 Å². The van der Waals surface area contributed by atoms with Gasteiger partial charge in [0.1, 0.15) is 11.6 Å². The Kier molecular flexibility index (Phi) is 5.47. The van der Waals surface area contributed by atoms with E-state index in [4.69, 9.17) is 0 Å². The first-order valence-electron chi connectivity index (χ1n) is 6.98. The van der Waals surface area contributed by atoms with Crippen molar-refractivity contribution in [3.05, 3.63) is 35.4 Å². The van der Waals surface area contributed by atoms with Crippen LogP contribution in [0, 0.1) is 11.6 Å². The summed E-state index contributed by atoms with van der Waals surface area (Å²) in [4.78, 5) is 13.5. The Labute approximate surface area is 128 Å². The Morgan fingerprint density at radius 1 is 1.14 bits per heavy atom. The molecule has 0 aliphatic carbocycles. The number of hydrogen-bond acceptors (Lipinski definition) is 4. The van der Waals surface area contributed by atoms with Crippen LogP contribution in [0.15, 0.2) is 18.2 Å². The highest BCUT2D eigenvalue weighted by Gasteiger charge is 2.22. The predicted molar refractivity (Wildman–Crippen MR) is 78.2 cm³/mol. The Morgan fingerprint density at radius 3 is 2.32 bits per heavy atom. The lowest BCUT2D eigenvalue weighted by molar-refractivity contribution is -0.122. The normalized spacial score (nSPS) is 18.1. The highest BCUT2D eigenvalue weighted by Crippen LogP contribution is 2.08. The van der Waals surface area contributed by atoms with E-state index in [9.17, 15) is 22.0 Å². The lowest BCUT2D eigenvalue weighted by atomic mass is 10.1. The van der Waals surface area contributed by atoms with E-state index in [1.807, 2.05) is 0 Å². The molecule has 1 fully saturated rings. The van der Waals surface area contributed by atoms with Crippen molar-refractivity contribution < 1.29 is 22.0 Å². The van der Waals surface area contributed by atoms with Gasteiger partial charge >= 0.3 is 0 Å². The lowest BCUT2D eigenvalue weighted by Gasteiger charge is -2.25. The zero-order valence-electron chi connectivity index (χ0n) is 12.0. The van der Waals surface area contributed by atoms with Crippen LogP contribution in [-0.4, -0.2) is 56.9 Å². The third-order valence-electron chi connectivity index (χ3n) is 3.46. The quantitative estimate of drug-likeness (QED) is 0.845. The van der Waals surface area contributed by atoms with Gasteiger partial charge in [-0.2, -0.15) is 0 Å². The van der Waals surface area contributed by atoms with Gasteiger partial charge in [-0.1, -0.05) is 0 Å². The molecule has 0 radical (unpaired) electrons. The molecule has 0 atom stereocenters. The second-order valence-corrected chi connectivity index (χ2v) is 7.61. The molecular formula is C14H18F2N2O3S. The van der Waals surface area contributed by atoms with Crippen LogP contribution in [-0.2, 0) is 21.1 Å². The van der Waals surface area contributed by atoms with Gasteiger partial charge in [-0.3, -0.25) is 9.69 Å². The average molecular weight is 332 g/mol. The molecular weight excluding hydrogens is 314 g/mol. The molecule has 1 saturated heterocycles. The number of benzene rings is 1. The van der Waals surface area contributed by atoms with Gasteiger partial charge < -0.3 is 5.32 Å². The van der Waals surface area contributed by atoms with Crippen molar-refractivity contribution in [1.82, 2.24) is 10.2 Å². The highest BCUT2D eigenvalue weighted by molar-refractivity contribution is 7.91. The van der Waals surface area contributed by atoms with Gasteiger partial charge in [0, 0.05) is 25.7 Å². The van der Waals surface area contributed by atoms with E-state index in [0.29, 0.717) is 25.1 Å². The molecule has 1 aliphatic rings. The fourth-order valence-electron chi connectivity index (χ4n) is 2.27. The minimum absolute atomic E-state index is 0.0723. The topological polar surface area (TPSA) is 66.5 Å². The first-order chi connectivity index (χ1) is 10.3. The maximum absolute atomic E-state index is 13.0. The first-order valence-corrected chi connectivity index (χ1v) is 8.81. The van der Waals surface area contributed by atoms with Crippen LogP contribution in [0.25, 0.3) is 0 Å². The highest BCUT2D eigenvalue weighted by atomic mass is 32.2. The van der Waals surface area contributed by atoms with Crippen molar-refractivity contribution in [3.8, 4) is 0 Å². The summed E-state index contributed by atoms with van der Waals surface area (Å²) in [6.45, 7) is 1.11. The Bertz CT molecular complexity index is 615. The summed E-state index contributed by atoms with van der Waals surface area (Å²) in [5.41, 5.74) is 0.474. The summed E-state index contributed by atoms with van der Waals surface area (Å²) in [6.07, 6.45) is 0.328. The molecule has 1 heterocycles. The van der Waals surface area contributed by atoms with Gasteiger partial charge in [0.15, 0.2) is 9.84 Å². The Balaban J connectivity index is 1.72. The van der Waals surface area contributed by atoms with E-state index in [-0.39, 0.29) is 30.5 Å². The molecule has 1 aliphatic heterocycles. The molecule has 5 nitrogen and oxygen atoms in total. The first kappa shape index (κ1) is 16.8. The van der Waals surface area contributed by atoms with E-state index in [1.54, 1.807) is 4.90 Å². The van der Waals surface area contributed by atoms with Crippen LogP contribution in [0.4, 0.5) is 8.78 Å². The van der Waals surface area contributed by atoms with E-state index in [1.165, 1.54) is 12.1 Å². The molecule has 0 aromatic heterocycles. The van der Waals surface area contributed by atoms with E-state index < -0.39 is 21.5 Å². The number of nitrogens with one attached hydrogen (secondary N) is 1. The number of halogens is 2. The molecule has 1 amide bonds. The van der Waals surface area contributed by atoms with Crippen LogP contribution >= 0.6 is 0 Å². The standard InChI is InChI=1S/C14H18F2N2O3S/c15-12-7-11(8-13(16)9-12)1-2-17-14(19)10-18-3-5-22(20,21)6-4-18/h7-9H,1-6,10H2,(H,17,19). The van der Waals surface area contributed by atoms with Gasteiger partial charge in [0.25, 0.3) is 0 Å².